The average molecular weight is 215 g/mol. The van der Waals surface area contributed by atoms with Crippen LogP contribution in [0.4, 0.5) is 0 Å². The summed E-state index contributed by atoms with van der Waals surface area (Å²) in [5.41, 5.74) is 0.853. The van der Waals surface area contributed by atoms with Crippen LogP contribution >= 0.6 is 21.7 Å². The highest BCUT2D eigenvalue weighted by Crippen LogP contribution is 2.32. The van der Waals surface area contributed by atoms with Gasteiger partial charge in [-0.15, -0.1) is 0 Å². The van der Waals surface area contributed by atoms with Gasteiger partial charge >= 0.3 is 0 Å². The summed E-state index contributed by atoms with van der Waals surface area (Å²) in [4.78, 5) is 5.02. The van der Waals surface area contributed by atoms with Crippen LogP contribution in [0.2, 0.25) is 0 Å². The highest BCUT2D eigenvalue weighted by Gasteiger charge is 2.05. The van der Waals surface area contributed by atoms with Crippen LogP contribution in [0.5, 0.6) is 5.75 Å². The van der Waals surface area contributed by atoms with Gasteiger partial charge in [0, 0.05) is 24.7 Å². The number of rotatable bonds is 2. The summed E-state index contributed by atoms with van der Waals surface area (Å²) in [6.45, 7) is 0. The Morgan fingerprint density at radius 1 is 1.62 bits per heavy atom. The molecule has 0 aliphatic heterocycles. The second-order valence-electron chi connectivity index (χ2n) is 2.48. The van der Waals surface area contributed by atoms with Crippen molar-refractivity contribution in [1.29, 1.82) is 0 Å². The molecule has 2 aromatic rings. The van der Waals surface area contributed by atoms with Crippen molar-refractivity contribution >= 4 is 27.3 Å². The molecule has 0 spiro atoms. The number of aromatic nitrogens is 2. The number of ether oxygens (including phenoxy) is 1. The topological polar surface area (TPSA) is 26.5 Å². The smallest absolute Gasteiger partial charge is 0.140 e. The van der Waals surface area contributed by atoms with Gasteiger partial charge in [0.15, 0.2) is 0 Å². The molecule has 0 N–H and O–H groups in total. The van der Waals surface area contributed by atoms with E-state index in [2.05, 4.69) is 4.98 Å². The summed E-state index contributed by atoms with van der Waals surface area (Å²) in [7, 11) is 8.43. The first-order chi connectivity index (χ1) is 6.35. The van der Waals surface area contributed by atoms with E-state index in [4.69, 9.17) is 15.4 Å². The van der Waals surface area contributed by atoms with E-state index in [-0.39, 0.29) is 0 Å². The zero-order valence-corrected chi connectivity index (χ0v) is 8.47. The lowest BCUT2D eigenvalue weighted by molar-refractivity contribution is 0.404. The van der Waals surface area contributed by atoms with Gasteiger partial charge < -0.3 is 9.14 Å². The number of fused-ring (bicyclic) bond motifs is 1. The van der Waals surface area contributed by atoms with Gasteiger partial charge in [0.1, 0.15) is 11.4 Å². The van der Waals surface area contributed by atoms with Crippen molar-refractivity contribution < 1.29 is 4.74 Å². The molecule has 3 nitrogen and oxygen atoms in total. The van der Waals surface area contributed by atoms with Crippen molar-refractivity contribution in [1.82, 2.24) is 9.38 Å². The van der Waals surface area contributed by atoms with Gasteiger partial charge in [-0.25, -0.2) is 4.98 Å². The van der Waals surface area contributed by atoms with E-state index in [0.717, 1.165) is 27.3 Å². The third-order valence-electron chi connectivity index (χ3n) is 1.76. The number of pyridine rings is 1. The van der Waals surface area contributed by atoms with Crippen molar-refractivity contribution in [3.8, 4) is 5.75 Å². The molecule has 2 rings (SSSR count). The minimum absolute atomic E-state index is 0.749. The molecule has 0 aromatic carbocycles. The van der Waals surface area contributed by atoms with Crippen molar-refractivity contribution in [2.24, 2.45) is 0 Å². The maximum absolute atomic E-state index is 5.68. The molecule has 68 valence electrons. The lowest BCUT2D eigenvalue weighted by Gasteiger charge is -2.04. The number of methoxy groups -OCH3 is 1. The Morgan fingerprint density at radius 3 is 3.15 bits per heavy atom. The second-order valence-corrected chi connectivity index (χ2v) is 3.53. The fraction of sp³-hybridized carbons (Fsp3) is 0.125. The normalized spacial score (nSPS) is 10.6. The molecule has 5 heteroatoms. The molecule has 0 saturated heterocycles. The lowest BCUT2D eigenvalue weighted by Crippen LogP contribution is -1.89. The van der Waals surface area contributed by atoms with Gasteiger partial charge in [-0.05, 0) is 21.7 Å². The summed E-state index contributed by atoms with van der Waals surface area (Å²) in [6, 6.07) is 1.85. The van der Waals surface area contributed by atoms with E-state index < -0.39 is 0 Å². The van der Waals surface area contributed by atoms with Crippen LogP contribution in [0, 0.1) is 0 Å². The predicted octanol–water partition coefficient (Wildman–Crippen LogP) is 2.59. The van der Waals surface area contributed by atoms with Crippen LogP contribution < -0.4 is 4.74 Å². The van der Waals surface area contributed by atoms with Gasteiger partial charge in [0.05, 0.1) is 12.0 Å². The highest BCUT2D eigenvalue weighted by atomic mass is 35.7. The molecule has 0 bridgehead atoms. The van der Waals surface area contributed by atoms with E-state index in [9.17, 15) is 0 Å². The van der Waals surface area contributed by atoms with Gasteiger partial charge in [0.25, 0.3) is 0 Å². The molecule has 0 unspecified atom stereocenters. The number of hydrogen-bond acceptors (Lipinski definition) is 3. The highest BCUT2D eigenvalue weighted by molar-refractivity contribution is 8.21. The molecule has 0 atom stereocenters. The monoisotopic (exact) mass is 214 g/mol. The van der Waals surface area contributed by atoms with E-state index >= 15 is 0 Å². The Balaban J connectivity index is 2.67. The van der Waals surface area contributed by atoms with E-state index in [1.807, 2.05) is 22.9 Å². The maximum Gasteiger partial charge on any atom is 0.140 e. The molecule has 0 aliphatic carbocycles. The fourth-order valence-electron chi connectivity index (χ4n) is 1.14. The zero-order chi connectivity index (χ0) is 9.26. The molecule has 0 fully saturated rings. The van der Waals surface area contributed by atoms with E-state index in [0.29, 0.717) is 0 Å². The summed E-state index contributed by atoms with van der Waals surface area (Å²) in [5.74, 6) is 0.749. The van der Waals surface area contributed by atoms with Crippen molar-refractivity contribution in [2.45, 2.75) is 4.90 Å². The third kappa shape index (κ3) is 1.47. The molecule has 0 radical (unpaired) electrons. The van der Waals surface area contributed by atoms with Gasteiger partial charge in [-0.2, -0.15) is 0 Å². The standard InChI is InChI=1S/C8H7ClN2OS/c1-12-6-4-8-10-2-3-11(8)5-7(6)13-9/h2-5H,1H3. The van der Waals surface area contributed by atoms with Gasteiger partial charge in [-0.3, -0.25) is 0 Å². The predicted molar refractivity (Wildman–Crippen MR) is 53.5 cm³/mol. The van der Waals surface area contributed by atoms with Gasteiger partial charge in [0.2, 0.25) is 0 Å². The number of halogens is 1. The maximum atomic E-state index is 5.68. The van der Waals surface area contributed by atoms with Crippen LogP contribution in [-0.2, 0) is 0 Å². The first-order valence-electron chi connectivity index (χ1n) is 3.64. The van der Waals surface area contributed by atoms with E-state index in [1.54, 1.807) is 13.3 Å². The molecule has 13 heavy (non-hydrogen) atoms. The van der Waals surface area contributed by atoms with E-state index in [1.165, 1.54) is 0 Å². The fourth-order valence-corrected chi connectivity index (χ4v) is 1.86. The summed E-state index contributed by atoms with van der Waals surface area (Å²) < 4.78 is 7.05. The van der Waals surface area contributed by atoms with Crippen LogP contribution in [0.1, 0.15) is 0 Å². The molecule has 0 amide bonds. The van der Waals surface area contributed by atoms with Gasteiger partial charge in [-0.1, -0.05) is 0 Å². The summed E-state index contributed by atoms with van der Waals surface area (Å²) >= 11 is 0. The largest absolute Gasteiger partial charge is 0.495 e. The lowest BCUT2D eigenvalue weighted by atomic mass is 10.4. The molecular weight excluding hydrogens is 208 g/mol. The average Bonchev–Trinajstić information content (AvgIpc) is 2.62. The van der Waals surface area contributed by atoms with Crippen LogP contribution in [0.3, 0.4) is 0 Å². The Hall–Kier alpha value is -0.870. The van der Waals surface area contributed by atoms with Crippen molar-refractivity contribution in [2.75, 3.05) is 7.11 Å². The van der Waals surface area contributed by atoms with Crippen LogP contribution in [0.15, 0.2) is 29.6 Å². The van der Waals surface area contributed by atoms with Crippen molar-refractivity contribution in [3.63, 3.8) is 0 Å². The molecule has 0 aliphatic rings. The minimum Gasteiger partial charge on any atom is -0.495 e. The van der Waals surface area contributed by atoms with Crippen molar-refractivity contribution in [3.05, 3.63) is 24.7 Å². The minimum atomic E-state index is 0.749. The Bertz CT molecular complexity index is 391. The Morgan fingerprint density at radius 2 is 2.46 bits per heavy atom. The van der Waals surface area contributed by atoms with Crippen LogP contribution in [-0.4, -0.2) is 16.5 Å². The Labute approximate surface area is 84.2 Å². The third-order valence-corrected chi connectivity index (χ3v) is 2.73. The summed E-state index contributed by atoms with van der Waals surface area (Å²) in [5, 5.41) is 0. The number of hydrogen-bond donors (Lipinski definition) is 0. The number of nitrogens with zero attached hydrogens (tertiary/aromatic N) is 2. The zero-order valence-electron chi connectivity index (χ0n) is 6.90. The first kappa shape index (κ1) is 8.72. The molecule has 2 aromatic heterocycles. The quantitative estimate of drug-likeness (QED) is 0.769. The molecule has 0 saturated carbocycles. The van der Waals surface area contributed by atoms with Crippen LogP contribution in [0.25, 0.3) is 5.65 Å². The SMILES string of the molecule is COc1cc2nccn2cc1SCl. The molecule has 2 heterocycles. The summed E-state index contributed by atoms with van der Waals surface area (Å²) in [6.07, 6.45) is 5.49. The second kappa shape index (κ2) is 3.47. The first-order valence-corrected chi connectivity index (χ1v) is 5.28. The Kier molecular flexibility index (Phi) is 2.33. The molecular formula is C8H7ClN2OS. The number of imidazole rings is 1.